The Morgan fingerprint density at radius 2 is 2.07 bits per heavy atom. The van der Waals surface area contributed by atoms with Crippen LogP contribution >= 0.6 is 0 Å². The van der Waals surface area contributed by atoms with E-state index in [-0.39, 0.29) is 11.8 Å². The zero-order valence-corrected chi connectivity index (χ0v) is 16.9. The van der Waals surface area contributed by atoms with E-state index in [1.54, 1.807) is 11.1 Å². The molecule has 1 aliphatic rings. The number of aromatic amines is 1. The van der Waals surface area contributed by atoms with E-state index in [2.05, 4.69) is 21.4 Å². The molecule has 148 valence electrons. The van der Waals surface area contributed by atoms with E-state index in [0.29, 0.717) is 30.8 Å². The van der Waals surface area contributed by atoms with Gasteiger partial charge in [-0.2, -0.15) is 0 Å². The molecule has 0 radical (unpaired) electrons. The van der Waals surface area contributed by atoms with Crippen LogP contribution in [0, 0.1) is 6.92 Å². The van der Waals surface area contributed by atoms with Gasteiger partial charge in [0.25, 0.3) is 0 Å². The van der Waals surface area contributed by atoms with Crippen LogP contribution < -0.4 is 5.32 Å². The minimum absolute atomic E-state index is 0.00569. The molecule has 0 spiro atoms. The van der Waals surface area contributed by atoms with Gasteiger partial charge in [0, 0.05) is 48.4 Å². The molecule has 3 heterocycles. The Hall–Kier alpha value is -3.41. The summed E-state index contributed by atoms with van der Waals surface area (Å²) in [7, 11) is 1.82. The SMILES string of the molecule is CC(=Cc1cnc2c(c1)CCC(=O)N2)C(=O)N(C)Cc1c(C)[nH]c2ccccc12. The van der Waals surface area contributed by atoms with Crippen molar-refractivity contribution in [3.63, 3.8) is 0 Å². The lowest BCUT2D eigenvalue weighted by Crippen LogP contribution is -2.27. The number of carbonyl (C=O) groups is 2. The average Bonchev–Trinajstić information content (AvgIpc) is 3.02. The normalized spacial score (nSPS) is 13.9. The lowest BCUT2D eigenvalue weighted by molar-refractivity contribution is -0.126. The molecular weight excluding hydrogens is 364 g/mol. The van der Waals surface area contributed by atoms with Crippen LogP contribution in [-0.2, 0) is 22.6 Å². The molecule has 29 heavy (non-hydrogen) atoms. The smallest absolute Gasteiger partial charge is 0.249 e. The first kappa shape index (κ1) is 18.9. The number of likely N-dealkylation sites (N-methyl/N-ethyl adjacent to an activating group) is 1. The minimum Gasteiger partial charge on any atom is -0.358 e. The van der Waals surface area contributed by atoms with E-state index in [1.807, 2.05) is 51.2 Å². The second-order valence-corrected chi connectivity index (χ2v) is 7.59. The maximum Gasteiger partial charge on any atom is 0.249 e. The van der Waals surface area contributed by atoms with E-state index in [9.17, 15) is 9.59 Å². The molecule has 2 aromatic heterocycles. The van der Waals surface area contributed by atoms with Gasteiger partial charge in [-0.15, -0.1) is 0 Å². The Morgan fingerprint density at radius 3 is 2.90 bits per heavy atom. The number of hydrogen-bond acceptors (Lipinski definition) is 3. The number of hydrogen-bond donors (Lipinski definition) is 2. The van der Waals surface area contributed by atoms with Gasteiger partial charge in [0.05, 0.1) is 0 Å². The number of H-pyrrole nitrogens is 1. The number of fused-ring (bicyclic) bond motifs is 2. The van der Waals surface area contributed by atoms with Crippen LogP contribution in [0.5, 0.6) is 0 Å². The molecule has 0 unspecified atom stereocenters. The van der Waals surface area contributed by atoms with E-state index in [1.165, 1.54) is 0 Å². The van der Waals surface area contributed by atoms with Crippen molar-refractivity contribution in [1.29, 1.82) is 0 Å². The summed E-state index contributed by atoms with van der Waals surface area (Å²) >= 11 is 0. The largest absolute Gasteiger partial charge is 0.358 e. The molecule has 3 aromatic rings. The van der Waals surface area contributed by atoms with Gasteiger partial charge in [0.15, 0.2) is 0 Å². The zero-order chi connectivity index (χ0) is 20.5. The van der Waals surface area contributed by atoms with Gasteiger partial charge >= 0.3 is 0 Å². The van der Waals surface area contributed by atoms with Crippen molar-refractivity contribution >= 4 is 34.6 Å². The van der Waals surface area contributed by atoms with Gasteiger partial charge in [0.2, 0.25) is 11.8 Å². The maximum atomic E-state index is 12.9. The molecule has 0 aliphatic carbocycles. The number of nitrogens with zero attached hydrogens (tertiary/aromatic N) is 2. The standard InChI is InChI=1S/C23H24N4O2/c1-14(10-16-11-17-8-9-21(28)26-22(17)24-12-16)23(29)27(3)13-19-15(2)25-20-7-5-4-6-18(19)20/h4-7,10-12,25H,8-9,13H2,1-3H3,(H,24,26,28). The summed E-state index contributed by atoms with van der Waals surface area (Å²) in [6.07, 6.45) is 4.67. The molecule has 1 aromatic carbocycles. The third-order valence-electron chi connectivity index (χ3n) is 5.36. The molecule has 0 saturated carbocycles. The molecule has 6 heteroatoms. The first-order valence-corrected chi connectivity index (χ1v) is 9.71. The summed E-state index contributed by atoms with van der Waals surface area (Å²) in [5.74, 6) is 0.587. The van der Waals surface area contributed by atoms with Crippen LogP contribution in [0.1, 0.15) is 35.7 Å². The van der Waals surface area contributed by atoms with Crippen molar-refractivity contribution in [2.24, 2.45) is 0 Å². The minimum atomic E-state index is -0.0271. The van der Waals surface area contributed by atoms with Crippen LogP contribution in [0.15, 0.2) is 42.1 Å². The van der Waals surface area contributed by atoms with Crippen molar-refractivity contribution in [3.05, 3.63) is 64.5 Å². The topological polar surface area (TPSA) is 78.1 Å². The first-order chi connectivity index (χ1) is 13.9. The molecule has 2 amide bonds. The molecule has 0 saturated heterocycles. The Bertz CT molecular complexity index is 1140. The molecule has 0 atom stereocenters. The van der Waals surface area contributed by atoms with Crippen molar-refractivity contribution in [3.8, 4) is 0 Å². The highest BCUT2D eigenvalue weighted by Gasteiger charge is 2.18. The Labute approximate surface area is 169 Å². The van der Waals surface area contributed by atoms with E-state index in [4.69, 9.17) is 0 Å². The second-order valence-electron chi connectivity index (χ2n) is 7.59. The van der Waals surface area contributed by atoms with E-state index >= 15 is 0 Å². The quantitative estimate of drug-likeness (QED) is 0.667. The van der Waals surface area contributed by atoms with Crippen molar-refractivity contribution in [2.75, 3.05) is 12.4 Å². The van der Waals surface area contributed by atoms with Crippen LogP contribution in [0.25, 0.3) is 17.0 Å². The number of anilines is 1. The molecular formula is C23H24N4O2. The fourth-order valence-corrected chi connectivity index (χ4v) is 3.81. The number of para-hydroxylation sites is 1. The highest BCUT2D eigenvalue weighted by Crippen LogP contribution is 2.24. The zero-order valence-electron chi connectivity index (χ0n) is 16.9. The van der Waals surface area contributed by atoms with Gasteiger partial charge in [-0.25, -0.2) is 4.98 Å². The predicted molar refractivity (Wildman–Crippen MR) is 114 cm³/mol. The number of pyridine rings is 1. The molecule has 6 nitrogen and oxygen atoms in total. The summed E-state index contributed by atoms with van der Waals surface area (Å²) in [6, 6.07) is 10.1. The fourth-order valence-electron chi connectivity index (χ4n) is 3.81. The third-order valence-corrected chi connectivity index (χ3v) is 5.36. The van der Waals surface area contributed by atoms with Crippen LogP contribution in [-0.4, -0.2) is 33.7 Å². The first-order valence-electron chi connectivity index (χ1n) is 9.71. The Balaban J connectivity index is 1.52. The summed E-state index contributed by atoms with van der Waals surface area (Å²) in [4.78, 5) is 33.8. The number of aromatic nitrogens is 2. The summed E-state index contributed by atoms with van der Waals surface area (Å²) in [5, 5.41) is 3.92. The number of benzene rings is 1. The summed E-state index contributed by atoms with van der Waals surface area (Å²) in [5.41, 5.74) is 5.81. The Morgan fingerprint density at radius 1 is 1.28 bits per heavy atom. The highest BCUT2D eigenvalue weighted by atomic mass is 16.2. The lowest BCUT2D eigenvalue weighted by Gasteiger charge is -2.18. The predicted octanol–water partition coefficient (Wildman–Crippen LogP) is 3.82. The number of nitrogens with one attached hydrogen (secondary N) is 2. The lowest BCUT2D eigenvalue weighted by atomic mass is 10.0. The average molecular weight is 388 g/mol. The number of rotatable bonds is 4. The number of carbonyl (C=O) groups excluding carboxylic acids is 2. The molecule has 1 aliphatic heterocycles. The van der Waals surface area contributed by atoms with Gasteiger partial charge < -0.3 is 15.2 Å². The second kappa shape index (κ2) is 7.54. The monoisotopic (exact) mass is 388 g/mol. The summed E-state index contributed by atoms with van der Waals surface area (Å²) < 4.78 is 0. The van der Waals surface area contributed by atoms with E-state index in [0.717, 1.165) is 33.3 Å². The van der Waals surface area contributed by atoms with Crippen LogP contribution in [0.2, 0.25) is 0 Å². The van der Waals surface area contributed by atoms with Gasteiger partial charge in [-0.1, -0.05) is 18.2 Å². The molecule has 0 bridgehead atoms. The highest BCUT2D eigenvalue weighted by molar-refractivity contribution is 5.98. The Kier molecular flexibility index (Phi) is 4.92. The molecule has 2 N–H and O–H groups in total. The number of aryl methyl sites for hydroxylation is 2. The van der Waals surface area contributed by atoms with Crippen LogP contribution in [0.4, 0.5) is 5.82 Å². The van der Waals surface area contributed by atoms with E-state index < -0.39 is 0 Å². The van der Waals surface area contributed by atoms with Crippen LogP contribution in [0.3, 0.4) is 0 Å². The number of amides is 2. The van der Waals surface area contributed by atoms with Gasteiger partial charge in [0.1, 0.15) is 5.82 Å². The van der Waals surface area contributed by atoms with Gasteiger partial charge in [-0.3, -0.25) is 9.59 Å². The molecule has 4 rings (SSSR count). The van der Waals surface area contributed by atoms with Crippen molar-refractivity contribution in [2.45, 2.75) is 33.2 Å². The maximum absolute atomic E-state index is 12.9. The van der Waals surface area contributed by atoms with Gasteiger partial charge in [-0.05, 0) is 55.2 Å². The fraction of sp³-hybridized carbons (Fsp3) is 0.261. The molecule has 0 fully saturated rings. The third kappa shape index (κ3) is 3.78. The summed E-state index contributed by atoms with van der Waals surface area (Å²) in [6.45, 7) is 4.39. The van der Waals surface area contributed by atoms with Crippen molar-refractivity contribution < 1.29 is 9.59 Å². The van der Waals surface area contributed by atoms with Crippen molar-refractivity contribution in [1.82, 2.24) is 14.9 Å².